The summed E-state index contributed by atoms with van der Waals surface area (Å²) in [5.74, 6) is 0. The largest absolute Gasteiger partial charge is 0.314 e. The van der Waals surface area contributed by atoms with Crippen LogP contribution in [0.3, 0.4) is 0 Å². The quantitative estimate of drug-likeness (QED) is 0.787. The summed E-state index contributed by atoms with van der Waals surface area (Å²) in [6.07, 6.45) is 2.03. The van der Waals surface area contributed by atoms with Crippen molar-refractivity contribution in [2.24, 2.45) is 0 Å². The zero-order valence-electron chi connectivity index (χ0n) is 12.3. The molecule has 1 saturated heterocycles. The first-order valence-corrected chi connectivity index (χ1v) is 7.23. The second-order valence-electron chi connectivity index (χ2n) is 5.28. The third-order valence-electron chi connectivity index (χ3n) is 3.84. The molecule has 2 heterocycles. The molecule has 1 N–H and O–H groups in total. The van der Waals surface area contributed by atoms with Crippen molar-refractivity contribution in [3.05, 3.63) is 11.9 Å². The Morgan fingerprint density at radius 2 is 2.21 bits per heavy atom. The Labute approximate surface area is 115 Å². The molecule has 0 aromatic carbocycles. The van der Waals surface area contributed by atoms with Gasteiger partial charge in [0.25, 0.3) is 0 Å². The van der Waals surface area contributed by atoms with E-state index in [1.807, 2.05) is 17.9 Å². The predicted molar refractivity (Wildman–Crippen MR) is 75.9 cm³/mol. The minimum atomic E-state index is 0.661. The molecule has 1 atom stereocenters. The summed E-state index contributed by atoms with van der Waals surface area (Å²) in [6.45, 7) is 12.0. The standard InChI is InChI=1S/C13H26N6/c1-4-18-7-5-17(10-12(18)2)6-8-19-11-13(9-14-3)15-16-19/h11-12,14H,4-10H2,1-3H3. The van der Waals surface area contributed by atoms with Gasteiger partial charge in [-0.15, -0.1) is 5.10 Å². The number of hydrogen-bond donors (Lipinski definition) is 1. The number of aromatic nitrogens is 3. The van der Waals surface area contributed by atoms with Gasteiger partial charge >= 0.3 is 0 Å². The molecule has 6 nitrogen and oxygen atoms in total. The van der Waals surface area contributed by atoms with Crippen molar-refractivity contribution in [1.29, 1.82) is 0 Å². The van der Waals surface area contributed by atoms with E-state index < -0.39 is 0 Å². The van der Waals surface area contributed by atoms with Gasteiger partial charge in [0.1, 0.15) is 0 Å². The number of nitrogens with one attached hydrogen (secondary N) is 1. The van der Waals surface area contributed by atoms with E-state index >= 15 is 0 Å². The first kappa shape index (κ1) is 14.4. The Balaban J connectivity index is 1.76. The van der Waals surface area contributed by atoms with Gasteiger partial charge in [-0.1, -0.05) is 12.1 Å². The van der Waals surface area contributed by atoms with Gasteiger partial charge in [-0.3, -0.25) is 14.5 Å². The smallest absolute Gasteiger partial charge is 0.0964 e. The van der Waals surface area contributed by atoms with Crippen molar-refractivity contribution in [3.8, 4) is 0 Å². The Kier molecular flexibility index (Phi) is 5.30. The molecule has 1 aliphatic heterocycles. The van der Waals surface area contributed by atoms with Crippen LogP contribution in [0.1, 0.15) is 19.5 Å². The van der Waals surface area contributed by atoms with E-state index in [0.29, 0.717) is 6.04 Å². The number of likely N-dealkylation sites (N-methyl/N-ethyl adjacent to an activating group) is 1. The Hall–Kier alpha value is -0.980. The van der Waals surface area contributed by atoms with Crippen LogP contribution in [0.2, 0.25) is 0 Å². The monoisotopic (exact) mass is 266 g/mol. The Bertz CT molecular complexity index is 377. The highest BCUT2D eigenvalue weighted by atomic mass is 15.4. The van der Waals surface area contributed by atoms with Gasteiger partial charge < -0.3 is 5.32 Å². The second kappa shape index (κ2) is 6.98. The lowest BCUT2D eigenvalue weighted by Crippen LogP contribution is -2.52. The second-order valence-corrected chi connectivity index (χ2v) is 5.28. The molecule has 0 aliphatic carbocycles. The van der Waals surface area contributed by atoms with Crippen LogP contribution in [0, 0.1) is 0 Å². The Morgan fingerprint density at radius 1 is 1.37 bits per heavy atom. The van der Waals surface area contributed by atoms with E-state index in [1.165, 1.54) is 6.54 Å². The summed E-state index contributed by atoms with van der Waals surface area (Å²) in [5.41, 5.74) is 1.01. The summed E-state index contributed by atoms with van der Waals surface area (Å²) < 4.78 is 1.95. The molecule has 1 aromatic rings. The molecule has 1 aliphatic rings. The molecule has 0 radical (unpaired) electrons. The minimum absolute atomic E-state index is 0.661. The summed E-state index contributed by atoms with van der Waals surface area (Å²) in [7, 11) is 1.92. The van der Waals surface area contributed by atoms with Crippen molar-refractivity contribution >= 4 is 0 Å². The predicted octanol–water partition coefficient (Wildman–Crippen LogP) is 0.0235. The molecular weight excluding hydrogens is 240 g/mol. The van der Waals surface area contributed by atoms with Crippen molar-refractivity contribution in [3.63, 3.8) is 0 Å². The molecule has 1 aromatic heterocycles. The topological polar surface area (TPSA) is 49.2 Å². The first-order valence-electron chi connectivity index (χ1n) is 7.23. The fourth-order valence-electron chi connectivity index (χ4n) is 2.70. The lowest BCUT2D eigenvalue weighted by Gasteiger charge is -2.39. The third-order valence-corrected chi connectivity index (χ3v) is 3.84. The highest BCUT2D eigenvalue weighted by Crippen LogP contribution is 2.08. The van der Waals surface area contributed by atoms with Gasteiger partial charge in [-0.05, 0) is 20.5 Å². The van der Waals surface area contributed by atoms with Crippen molar-refractivity contribution in [1.82, 2.24) is 30.1 Å². The highest BCUT2D eigenvalue weighted by molar-refractivity contribution is 4.91. The summed E-state index contributed by atoms with van der Waals surface area (Å²) in [6, 6.07) is 0.661. The first-order chi connectivity index (χ1) is 9.22. The maximum absolute atomic E-state index is 4.16. The molecule has 0 amide bonds. The van der Waals surface area contributed by atoms with Crippen LogP contribution in [-0.2, 0) is 13.1 Å². The van der Waals surface area contributed by atoms with Gasteiger partial charge in [0.05, 0.1) is 12.2 Å². The van der Waals surface area contributed by atoms with E-state index in [4.69, 9.17) is 0 Å². The maximum atomic E-state index is 4.16. The number of nitrogens with zero attached hydrogens (tertiary/aromatic N) is 5. The molecule has 2 rings (SSSR count). The number of rotatable bonds is 6. The zero-order chi connectivity index (χ0) is 13.7. The molecule has 19 heavy (non-hydrogen) atoms. The lowest BCUT2D eigenvalue weighted by atomic mass is 10.2. The van der Waals surface area contributed by atoms with Gasteiger partial charge in [0.2, 0.25) is 0 Å². The third kappa shape index (κ3) is 3.99. The van der Waals surface area contributed by atoms with Crippen LogP contribution in [0.4, 0.5) is 0 Å². The van der Waals surface area contributed by atoms with Crippen LogP contribution >= 0.6 is 0 Å². The fourth-order valence-corrected chi connectivity index (χ4v) is 2.70. The van der Waals surface area contributed by atoms with E-state index in [0.717, 1.165) is 45.0 Å². The lowest BCUT2D eigenvalue weighted by molar-refractivity contribution is 0.0850. The summed E-state index contributed by atoms with van der Waals surface area (Å²) >= 11 is 0. The van der Waals surface area contributed by atoms with E-state index in [-0.39, 0.29) is 0 Å². The SMILES string of the molecule is CCN1CCN(CCn2cc(CNC)nn2)CC1C. The van der Waals surface area contributed by atoms with Crippen molar-refractivity contribution < 1.29 is 0 Å². The molecule has 0 spiro atoms. The van der Waals surface area contributed by atoms with Gasteiger partial charge in [-0.25, -0.2) is 0 Å². The fraction of sp³-hybridized carbons (Fsp3) is 0.846. The Morgan fingerprint density at radius 3 is 2.89 bits per heavy atom. The van der Waals surface area contributed by atoms with Crippen LogP contribution in [0.25, 0.3) is 0 Å². The number of piperazine rings is 1. The molecule has 0 saturated carbocycles. The summed E-state index contributed by atoms with van der Waals surface area (Å²) in [5, 5.41) is 11.4. The van der Waals surface area contributed by atoms with Crippen molar-refractivity contribution in [2.45, 2.75) is 33.0 Å². The van der Waals surface area contributed by atoms with E-state index in [1.54, 1.807) is 0 Å². The molecule has 6 heteroatoms. The highest BCUT2D eigenvalue weighted by Gasteiger charge is 2.21. The molecule has 108 valence electrons. The van der Waals surface area contributed by atoms with Gasteiger partial charge in [0, 0.05) is 45.0 Å². The van der Waals surface area contributed by atoms with Crippen LogP contribution in [0.5, 0.6) is 0 Å². The number of hydrogen-bond acceptors (Lipinski definition) is 5. The maximum Gasteiger partial charge on any atom is 0.0964 e. The average Bonchev–Trinajstić information content (AvgIpc) is 2.85. The molecule has 1 fully saturated rings. The van der Waals surface area contributed by atoms with E-state index in [2.05, 4.69) is 39.3 Å². The van der Waals surface area contributed by atoms with Gasteiger partial charge in [0.15, 0.2) is 0 Å². The van der Waals surface area contributed by atoms with Crippen LogP contribution < -0.4 is 5.32 Å². The summed E-state index contributed by atoms with van der Waals surface area (Å²) in [4.78, 5) is 5.06. The zero-order valence-corrected chi connectivity index (χ0v) is 12.3. The van der Waals surface area contributed by atoms with Gasteiger partial charge in [-0.2, -0.15) is 0 Å². The average molecular weight is 266 g/mol. The molecule has 1 unspecified atom stereocenters. The molecule has 0 bridgehead atoms. The van der Waals surface area contributed by atoms with Crippen molar-refractivity contribution in [2.75, 3.05) is 39.8 Å². The van der Waals surface area contributed by atoms with Crippen LogP contribution in [0.15, 0.2) is 6.20 Å². The normalized spacial score (nSPS) is 21.9. The van der Waals surface area contributed by atoms with Crippen LogP contribution in [-0.4, -0.2) is 70.6 Å². The molecular formula is C13H26N6. The van der Waals surface area contributed by atoms with E-state index in [9.17, 15) is 0 Å². The minimum Gasteiger partial charge on any atom is -0.314 e.